The number of benzene rings is 2. The van der Waals surface area contributed by atoms with E-state index >= 15 is 0 Å². The lowest BCUT2D eigenvalue weighted by Gasteiger charge is -2.35. The van der Waals surface area contributed by atoms with Crippen molar-refractivity contribution < 1.29 is 24.2 Å². The number of aliphatic hydroxyl groups is 1. The maximum Gasteiger partial charge on any atom is 0.259 e. The first-order valence-electron chi connectivity index (χ1n) is 10.5. The number of fused-ring (bicyclic) bond motifs is 1. The van der Waals surface area contributed by atoms with Crippen LogP contribution in [0.4, 0.5) is 11.4 Å². The van der Waals surface area contributed by atoms with Crippen molar-refractivity contribution in [2.45, 2.75) is 38.7 Å². The zero-order chi connectivity index (χ0) is 22.8. The number of para-hydroxylation sites is 2. The predicted molar refractivity (Wildman–Crippen MR) is 120 cm³/mol. The molecule has 1 fully saturated rings. The van der Waals surface area contributed by atoms with Crippen LogP contribution in [0, 0.1) is 0 Å². The number of aliphatic imine (C=N–C) groups is 1. The van der Waals surface area contributed by atoms with E-state index in [1.807, 2.05) is 19.9 Å². The monoisotopic (exact) mass is 438 g/mol. The molecule has 0 saturated carbocycles. The van der Waals surface area contributed by atoms with Crippen LogP contribution in [-0.2, 0) is 20.9 Å². The van der Waals surface area contributed by atoms with E-state index in [-0.39, 0.29) is 19.3 Å². The number of amidine groups is 1. The molecule has 9 heteroatoms. The number of nitrogens with zero attached hydrogens (tertiary/aromatic N) is 2. The molecule has 2 aliphatic heterocycles. The second-order valence-corrected chi connectivity index (χ2v) is 7.92. The molecule has 2 heterocycles. The van der Waals surface area contributed by atoms with E-state index in [0.717, 1.165) is 11.1 Å². The number of nitrogens with one attached hydrogen (secondary N) is 1. The van der Waals surface area contributed by atoms with Gasteiger partial charge in [-0.2, -0.15) is 0 Å². The zero-order valence-corrected chi connectivity index (χ0v) is 17.9. The quantitative estimate of drug-likeness (QED) is 0.626. The van der Waals surface area contributed by atoms with E-state index in [4.69, 9.17) is 15.2 Å². The number of carbonyl (C=O) groups is 2. The normalized spacial score (nSPS) is 18.9. The Balaban J connectivity index is 1.48. The fraction of sp³-hybridized carbons (Fsp3) is 0.348. The molecule has 0 aromatic heterocycles. The van der Waals surface area contributed by atoms with Crippen LogP contribution in [0.3, 0.4) is 0 Å². The Labute approximate surface area is 185 Å². The standard InChI is InChI=1S/C23H26N4O5/c1-13(2)32-18-6-4-3-5-17(18)27-9-10-31-20(23(27)30)19(28)22(29)26-15-7-8-16-14(11-15)12-25-21(16)24/h3-8,11,13,19-20,28H,9-10,12H2,1-2H3,(H2,24,25)(H,26,29)/t19-,20-/m1/s1. The Morgan fingerprint density at radius 3 is 2.88 bits per heavy atom. The SMILES string of the molecule is CC(C)Oc1ccccc1N1CCO[C@H]([C@@H](O)C(=O)Nc2ccc3c(c2)CN=C3N)C1=O. The van der Waals surface area contributed by atoms with E-state index in [0.29, 0.717) is 29.5 Å². The van der Waals surface area contributed by atoms with Gasteiger partial charge >= 0.3 is 0 Å². The summed E-state index contributed by atoms with van der Waals surface area (Å²) in [7, 11) is 0. The Kier molecular flexibility index (Phi) is 6.11. The average Bonchev–Trinajstić information content (AvgIpc) is 3.13. The van der Waals surface area contributed by atoms with Crippen LogP contribution in [0.1, 0.15) is 25.0 Å². The van der Waals surface area contributed by atoms with Crippen LogP contribution in [0.25, 0.3) is 0 Å². The Morgan fingerprint density at radius 1 is 1.31 bits per heavy atom. The predicted octanol–water partition coefficient (Wildman–Crippen LogP) is 1.42. The highest BCUT2D eigenvalue weighted by molar-refractivity contribution is 6.05. The number of ether oxygens (including phenoxy) is 2. The third-order valence-electron chi connectivity index (χ3n) is 5.26. The number of morpholine rings is 1. The van der Waals surface area contributed by atoms with Gasteiger partial charge < -0.3 is 30.5 Å². The fourth-order valence-electron chi connectivity index (χ4n) is 3.77. The van der Waals surface area contributed by atoms with Crippen LogP contribution in [-0.4, -0.2) is 54.2 Å². The lowest BCUT2D eigenvalue weighted by molar-refractivity contribution is -0.150. The lowest BCUT2D eigenvalue weighted by Crippen LogP contribution is -2.55. The number of rotatable bonds is 6. The molecule has 2 atom stereocenters. The smallest absolute Gasteiger partial charge is 0.259 e. The van der Waals surface area contributed by atoms with Crippen LogP contribution >= 0.6 is 0 Å². The average molecular weight is 438 g/mol. The molecule has 0 spiro atoms. The number of hydrogen-bond donors (Lipinski definition) is 3. The number of aliphatic hydroxyl groups excluding tert-OH is 1. The molecule has 168 valence electrons. The summed E-state index contributed by atoms with van der Waals surface area (Å²) in [5.41, 5.74) is 8.57. The number of anilines is 2. The van der Waals surface area contributed by atoms with Gasteiger partial charge in [-0.05, 0) is 49.7 Å². The zero-order valence-electron chi connectivity index (χ0n) is 17.9. The van der Waals surface area contributed by atoms with Gasteiger partial charge in [-0.1, -0.05) is 12.1 Å². The molecule has 32 heavy (non-hydrogen) atoms. The van der Waals surface area contributed by atoms with E-state index in [2.05, 4.69) is 10.3 Å². The lowest BCUT2D eigenvalue weighted by atomic mass is 10.1. The van der Waals surface area contributed by atoms with Crippen LogP contribution in [0.15, 0.2) is 47.5 Å². The molecule has 0 bridgehead atoms. The summed E-state index contributed by atoms with van der Waals surface area (Å²) in [4.78, 5) is 31.5. The summed E-state index contributed by atoms with van der Waals surface area (Å²) in [6.45, 7) is 4.69. The van der Waals surface area contributed by atoms with Crippen LogP contribution in [0.5, 0.6) is 5.75 Å². The number of nitrogens with two attached hydrogens (primary N) is 1. The first-order valence-corrected chi connectivity index (χ1v) is 10.5. The highest BCUT2D eigenvalue weighted by Gasteiger charge is 2.40. The highest BCUT2D eigenvalue weighted by atomic mass is 16.5. The van der Waals surface area contributed by atoms with Gasteiger partial charge in [0.25, 0.3) is 11.8 Å². The van der Waals surface area contributed by atoms with Crippen molar-refractivity contribution in [1.29, 1.82) is 0 Å². The van der Waals surface area contributed by atoms with E-state index in [9.17, 15) is 14.7 Å². The van der Waals surface area contributed by atoms with Gasteiger partial charge in [-0.25, -0.2) is 0 Å². The number of hydrogen-bond acceptors (Lipinski definition) is 7. The molecule has 2 aromatic rings. The minimum Gasteiger partial charge on any atom is -0.489 e. The first-order chi connectivity index (χ1) is 15.3. The summed E-state index contributed by atoms with van der Waals surface area (Å²) in [6, 6.07) is 12.3. The fourth-order valence-corrected chi connectivity index (χ4v) is 3.77. The summed E-state index contributed by atoms with van der Waals surface area (Å²) in [5.74, 6) is -0.228. The van der Waals surface area contributed by atoms with Crippen molar-refractivity contribution in [1.82, 2.24) is 0 Å². The van der Waals surface area contributed by atoms with Crippen molar-refractivity contribution in [3.8, 4) is 5.75 Å². The highest BCUT2D eigenvalue weighted by Crippen LogP contribution is 2.31. The number of carbonyl (C=O) groups excluding carboxylic acids is 2. The minimum absolute atomic E-state index is 0.0764. The van der Waals surface area contributed by atoms with Gasteiger partial charge in [0, 0.05) is 17.8 Å². The van der Waals surface area contributed by atoms with Crippen molar-refractivity contribution in [2.24, 2.45) is 10.7 Å². The molecule has 4 rings (SSSR count). The van der Waals surface area contributed by atoms with Crippen LogP contribution < -0.4 is 20.7 Å². The maximum atomic E-state index is 13.1. The van der Waals surface area contributed by atoms with Gasteiger partial charge in [0.15, 0.2) is 12.2 Å². The summed E-state index contributed by atoms with van der Waals surface area (Å²) >= 11 is 0. The molecular weight excluding hydrogens is 412 g/mol. The summed E-state index contributed by atoms with van der Waals surface area (Å²) < 4.78 is 11.3. The molecule has 2 amide bonds. The summed E-state index contributed by atoms with van der Waals surface area (Å²) in [6.07, 6.45) is -3.09. The molecule has 0 radical (unpaired) electrons. The molecule has 2 aliphatic rings. The first kappa shape index (κ1) is 21.8. The Hall–Kier alpha value is -3.43. The third-order valence-corrected chi connectivity index (χ3v) is 5.26. The van der Waals surface area contributed by atoms with Crippen molar-refractivity contribution in [3.63, 3.8) is 0 Å². The topological polar surface area (TPSA) is 126 Å². The molecular formula is C23H26N4O5. The third kappa shape index (κ3) is 4.30. The van der Waals surface area contributed by atoms with Crippen LogP contribution in [0.2, 0.25) is 0 Å². The van der Waals surface area contributed by atoms with Gasteiger partial charge in [0.1, 0.15) is 11.6 Å². The number of amides is 2. The molecule has 0 unspecified atom stereocenters. The second-order valence-electron chi connectivity index (χ2n) is 7.92. The molecule has 2 aromatic carbocycles. The molecule has 1 saturated heterocycles. The van der Waals surface area contributed by atoms with E-state index in [1.54, 1.807) is 36.4 Å². The van der Waals surface area contributed by atoms with Crippen molar-refractivity contribution in [2.75, 3.05) is 23.4 Å². The van der Waals surface area contributed by atoms with E-state index in [1.165, 1.54) is 4.90 Å². The van der Waals surface area contributed by atoms with Crippen molar-refractivity contribution in [3.05, 3.63) is 53.6 Å². The molecule has 0 aliphatic carbocycles. The molecule has 4 N–H and O–H groups in total. The Bertz CT molecular complexity index is 1070. The largest absolute Gasteiger partial charge is 0.489 e. The van der Waals surface area contributed by atoms with Gasteiger partial charge in [0.05, 0.1) is 24.9 Å². The molecule has 9 nitrogen and oxygen atoms in total. The van der Waals surface area contributed by atoms with E-state index < -0.39 is 24.0 Å². The summed E-state index contributed by atoms with van der Waals surface area (Å²) in [5, 5.41) is 13.3. The minimum atomic E-state index is -1.68. The van der Waals surface area contributed by atoms with Gasteiger partial charge in [0.2, 0.25) is 0 Å². The second kappa shape index (κ2) is 8.97. The van der Waals surface area contributed by atoms with Gasteiger partial charge in [-0.15, -0.1) is 0 Å². The maximum absolute atomic E-state index is 13.1. The van der Waals surface area contributed by atoms with Gasteiger partial charge in [-0.3, -0.25) is 14.6 Å². The van der Waals surface area contributed by atoms with Crippen molar-refractivity contribution >= 4 is 29.0 Å². The Morgan fingerprint density at radius 2 is 2.09 bits per heavy atom.